The van der Waals surface area contributed by atoms with Crippen LogP contribution in [0.4, 0.5) is 5.69 Å². The van der Waals surface area contributed by atoms with Gasteiger partial charge in [-0.3, -0.25) is 0 Å². The van der Waals surface area contributed by atoms with E-state index in [1.807, 2.05) is 6.07 Å². The summed E-state index contributed by atoms with van der Waals surface area (Å²) in [7, 11) is 0. The number of rotatable bonds is 3. The Labute approximate surface area is 118 Å². The molecule has 0 amide bonds. The third-order valence-electron chi connectivity index (χ3n) is 4.37. The van der Waals surface area contributed by atoms with Crippen molar-refractivity contribution in [1.29, 1.82) is 0 Å². The van der Waals surface area contributed by atoms with Crippen LogP contribution in [0.3, 0.4) is 0 Å². The molecule has 0 unspecified atom stereocenters. The second-order valence-corrected chi connectivity index (χ2v) is 5.86. The highest BCUT2D eigenvalue weighted by molar-refractivity contribution is 6.33. The molecule has 19 heavy (non-hydrogen) atoms. The van der Waals surface area contributed by atoms with Crippen LogP contribution in [-0.4, -0.2) is 19.2 Å². The number of anilines is 1. The van der Waals surface area contributed by atoms with Crippen LogP contribution in [0.25, 0.3) is 0 Å². The van der Waals surface area contributed by atoms with Crippen LogP contribution < -0.4 is 4.90 Å². The number of benzene rings is 1. The Hall–Kier alpha value is -1.31. The van der Waals surface area contributed by atoms with E-state index < -0.39 is 0 Å². The second kappa shape index (κ2) is 4.99. The molecule has 0 N–H and O–H groups in total. The summed E-state index contributed by atoms with van der Waals surface area (Å²) in [5.41, 5.74) is 1.80. The minimum Gasteiger partial charge on any atom is -0.370 e. The monoisotopic (exact) mass is 276 g/mol. The molecule has 0 bridgehead atoms. The van der Waals surface area contributed by atoms with E-state index in [4.69, 9.17) is 11.6 Å². The number of hydrogen-bond acceptors (Lipinski definition) is 3. The first-order valence-corrected chi connectivity index (χ1v) is 7.27. The molecule has 0 spiro atoms. The highest BCUT2D eigenvalue weighted by Crippen LogP contribution is 2.46. The zero-order valence-electron chi connectivity index (χ0n) is 10.9. The molecule has 1 aliphatic heterocycles. The van der Waals surface area contributed by atoms with E-state index in [0.29, 0.717) is 0 Å². The van der Waals surface area contributed by atoms with Crippen molar-refractivity contribution >= 4 is 23.4 Å². The number of hydrogen-bond donors (Lipinski definition) is 0. The summed E-state index contributed by atoms with van der Waals surface area (Å²) in [6.07, 6.45) is 7.13. The number of carbonyl (C=O) groups excluding carboxylic acids is 1. The van der Waals surface area contributed by atoms with Gasteiger partial charge in [0.15, 0.2) is 0 Å². The lowest BCUT2D eigenvalue weighted by molar-refractivity contribution is 0.256. The molecule has 0 aromatic heterocycles. The first kappa shape index (κ1) is 12.7. The van der Waals surface area contributed by atoms with Crippen molar-refractivity contribution in [1.82, 2.24) is 0 Å². The molecule has 4 heteroatoms. The van der Waals surface area contributed by atoms with Gasteiger partial charge >= 0.3 is 0 Å². The lowest BCUT2D eigenvalue weighted by atomic mass is 9.72. The number of halogens is 1. The predicted molar refractivity (Wildman–Crippen MR) is 76.5 cm³/mol. The molecule has 100 valence electrons. The lowest BCUT2D eigenvalue weighted by Gasteiger charge is -2.37. The van der Waals surface area contributed by atoms with Crippen molar-refractivity contribution in [2.75, 3.05) is 18.0 Å². The summed E-state index contributed by atoms with van der Waals surface area (Å²) in [4.78, 5) is 17.0. The molecule has 2 aliphatic rings. The molecule has 1 aromatic rings. The summed E-state index contributed by atoms with van der Waals surface area (Å²) in [6.45, 7) is 2.16. The average molecular weight is 277 g/mol. The Morgan fingerprint density at radius 3 is 2.47 bits per heavy atom. The van der Waals surface area contributed by atoms with Crippen LogP contribution >= 0.6 is 11.6 Å². The molecule has 1 aromatic carbocycles. The fourth-order valence-corrected chi connectivity index (χ4v) is 3.37. The summed E-state index contributed by atoms with van der Waals surface area (Å²) in [5, 5.41) is 0.770. The van der Waals surface area contributed by atoms with Gasteiger partial charge in [-0.25, -0.2) is 4.79 Å². The molecule has 0 radical (unpaired) electrons. The van der Waals surface area contributed by atoms with Gasteiger partial charge in [-0.05, 0) is 49.8 Å². The van der Waals surface area contributed by atoms with E-state index in [9.17, 15) is 4.79 Å². The van der Waals surface area contributed by atoms with Gasteiger partial charge < -0.3 is 4.90 Å². The van der Waals surface area contributed by atoms with Gasteiger partial charge in [0, 0.05) is 13.1 Å². The van der Waals surface area contributed by atoms with Gasteiger partial charge in [0.25, 0.3) is 0 Å². The van der Waals surface area contributed by atoms with Gasteiger partial charge in [-0.15, -0.1) is 0 Å². The van der Waals surface area contributed by atoms with E-state index >= 15 is 0 Å². The maximum Gasteiger partial charge on any atom is 0.235 e. The van der Waals surface area contributed by atoms with Crippen LogP contribution in [0.5, 0.6) is 0 Å². The Morgan fingerprint density at radius 1 is 1.21 bits per heavy atom. The van der Waals surface area contributed by atoms with Crippen molar-refractivity contribution < 1.29 is 4.79 Å². The first-order valence-electron chi connectivity index (χ1n) is 6.89. The molecular formula is C15H17ClN2O. The van der Waals surface area contributed by atoms with Crippen molar-refractivity contribution in [2.24, 2.45) is 4.99 Å². The molecule has 1 saturated carbocycles. The third-order valence-corrected chi connectivity index (χ3v) is 4.67. The molecule has 2 fully saturated rings. The van der Waals surface area contributed by atoms with Crippen LogP contribution in [-0.2, 0) is 10.3 Å². The minimum absolute atomic E-state index is 0.352. The van der Waals surface area contributed by atoms with Crippen molar-refractivity contribution in [3.05, 3.63) is 28.8 Å². The average Bonchev–Trinajstić information content (AvgIpc) is 2.87. The summed E-state index contributed by atoms with van der Waals surface area (Å²) in [6, 6.07) is 6.12. The van der Waals surface area contributed by atoms with Gasteiger partial charge in [0.1, 0.15) is 0 Å². The Kier molecular flexibility index (Phi) is 3.34. The maximum atomic E-state index is 10.6. The first-order chi connectivity index (χ1) is 9.25. The quantitative estimate of drug-likeness (QED) is 0.623. The highest BCUT2D eigenvalue weighted by atomic mass is 35.5. The standard InChI is InChI=1S/C15H17ClN2O/c16-13-10-12(15(17-11-19)6-3-7-15)4-5-14(13)18-8-1-2-9-18/h4-5,10H,1-3,6-9H2. The number of nitrogens with zero attached hydrogens (tertiary/aromatic N) is 2. The van der Waals surface area contributed by atoms with E-state index in [2.05, 4.69) is 22.0 Å². The van der Waals surface area contributed by atoms with Crippen LogP contribution in [0, 0.1) is 0 Å². The van der Waals surface area contributed by atoms with Crippen molar-refractivity contribution in [3.8, 4) is 0 Å². The predicted octanol–water partition coefficient (Wildman–Crippen LogP) is 3.66. The fraction of sp³-hybridized carbons (Fsp3) is 0.533. The number of aliphatic imine (C=N–C) groups is 1. The van der Waals surface area contributed by atoms with E-state index in [-0.39, 0.29) is 5.54 Å². The van der Waals surface area contributed by atoms with Gasteiger partial charge in [-0.1, -0.05) is 17.7 Å². The zero-order chi connectivity index (χ0) is 13.3. The maximum absolute atomic E-state index is 10.6. The van der Waals surface area contributed by atoms with Gasteiger partial charge in [0.2, 0.25) is 6.08 Å². The van der Waals surface area contributed by atoms with E-state index in [0.717, 1.165) is 48.6 Å². The van der Waals surface area contributed by atoms with Crippen molar-refractivity contribution in [2.45, 2.75) is 37.6 Å². The second-order valence-electron chi connectivity index (χ2n) is 5.45. The Morgan fingerprint density at radius 2 is 1.95 bits per heavy atom. The zero-order valence-corrected chi connectivity index (χ0v) is 11.6. The smallest absolute Gasteiger partial charge is 0.235 e. The molecule has 1 aliphatic carbocycles. The van der Waals surface area contributed by atoms with Crippen LogP contribution in [0.2, 0.25) is 5.02 Å². The molecule has 1 heterocycles. The molecular weight excluding hydrogens is 260 g/mol. The Bertz CT molecular complexity index is 527. The molecule has 3 nitrogen and oxygen atoms in total. The largest absolute Gasteiger partial charge is 0.370 e. The van der Waals surface area contributed by atoms with Crippen molar-refractivity contribution in [3.63, 3.8) is 0 Å². The molecule has 3 rings (SSSR count). The SMILES string of the molecule is O=C=NC1(c2ccc(N3CCCC3)c(Cl)c2)CCC1. The molecule has 1 saturated heterocycles. The number of isocyanates is 1. The Balaban J connectivity index is 1.92. The summed E-state index contributed by atoms with van der Waals surface area (Å²) < 4.78 is 0. The summed E-state index contributed by atoms with van der Waals surface area (Å²) in [5.74, 6) is 0. The van der Waals surface area contributed by atoms with E-state index in [1.54, 1.807) is 6.08 Å². The summed E-state index contributed by atoms with van der Waals surface area (Å²) >= 11 is 6.41. The normalized spacial score (nSPS) is 20.8. The van der Waals surface area contributed by atoms with Crippen LogP contribution in [0.1, 0.15) is 37.7 Å². The van der Waals surface area contributed by atoms with Gasteiger partial charge in [0.05, 0.1) is 16.2 Å². The lowest BCUT2D eigenvalue weighted by Crippen LogP contribution is -2.32. The minimum atomic E-state index is -0.352. The van der Waals surface area contributed by atoms with Gasteiger partial charge in [-0.2, -0.15) is 4.99 Å². The fourth-order valence-electron chi connectivity index (χ4n) is 3.07. The third kappa shape index (κ3) is 2.18. The molecule has 0 atom stereocenters. The van der Waals surface area contributed by atoms with E-state index in [1.165, 1.54) is 12.8 Å². The van der Waals surface area contributed by atoms with Crippen LogP contribution in [0.15, 0.2) is 23.2 Å². The highest BCUT2D eigenvalue weighted by Gasteiger charge is 2.39. The topological polar surface area (TPSA) is 32.7 Å².